The average molecular weight is 465 g/mol. The van der Waals surface area contributed by atoms with Gasteiger partial charge < -0.3 is 9.47 Å². The molecule has 0 saturated heterocycles. The van der Waals surface area contributed by atoms with E-state index < -0.39 is 0 Å². The highest BCUT2D eigenvalue weighted by atomic mass is 16.5. The van der Waals surface area contributed by atoms with Gasteiger partial charge in [0.05, 0.1) is 20.6 Å². The summed E-state index contributed by atoms with van der Waals surface area (Å²) in [7, 11) is 3.37. The lowest BCUT2D eigenvalue weighted by Gasteiger charge is -2.00. The van der Waals surface area contributed by atoms with Crippen molar-refractivity contribution in [3.63, 3.8) is 0 Å². The summed E-state index contributed by atoms with van der Waals surface area (Å²) in [6, 6.07) is 24.7. The first-order valence-corrected chi connectivity index (χ1v) is 11.8. The van der Waals surface area contributed by atoms with E-state index in [0.29, 0.717) is 0 Å². The zero-order valence-electron chi connectivity index (χ0n) is 20.4. The molecule has 0 unspecified atom stereocenters. The molecule has 0 radical (unpaired) electrons. The van der Waals surface area contributed by atoms with Crippen LogP contribution in [0.1, 0.15) is 28.7 Å². The van der Waals surface area contributed by atoms with Crippen molar-refractivity contribution >= 4 is 24.3 Å². The van der Waals surface area contributed by atoms with Crippen LogP contribution in [0.25, 0.3) is 24.3 Å². The zero-order chi connectivity index (χ0) is 24.3. The summed E-state index contributed by atoms with van der Waals surface area (Å²) < 4.78 is 14.9. The number of hydrogen-bond donors (Lipinski definition) is 0. The van der Waals surface area contributed by atoms with E-state index in [2.05, 4.69) is 107 Å². The van der Waals surface area contributed by atoms with Crippen molar-refractivity contribution in [2.45, 2.75) is 19.5 Å². The molecule has 0 amide bonds. The van der Waals surface area contributed by atoms with Gasteiger partial charge in [-0.05, 0) is 46.5 Å². The monoisotopic (exact) mass is 464 g/mol. The molecule has 2 aromatic heterocycles. The number of rotatable bonds is 10. The van der Waals surface area contributed by atoms with Crippen LogP contribution in [0.4, 0.5) is 0 Å². The molecular formula is C31H32N2O2+2. The third-order valence-electron chi connectivity index (χ3n) is 5.83. The quantitative estimate of drug-likeness (QED) is 0.281. The molecule has 4 nitrogen and oxygen atoms in total. The number of aromatic nitrogens is 2. The van der Waals surface area contributed by atoms with Gasteiger partial charge in [-0.25, -0.2) is 9.13 Å². The molecule has 0 N–H and O–H groups in total. The molecule has 0 aliphatic carbocycles. The Morgan fingerprint density at radius 1 is 0.486 bits per heavy atom. The molecule has 2 aromatic carbocycles. The van der Waals surface area contributed by atoms with Crippen LogP contribution in [0.15, 0.2) is 97.6 Å². The lowest BCUT2D eigenvalue weighted by atomic mass is 10.1. The second kappa shape index (κ2) is 12.3. The minimum atomic E-state index is 0.874. The van der Waals surface area contributed by atoms with Gasteiger partial charge in [0, 0.05) is 24.3 Å². The Morgan fingerprint density at radius 3 is 1.11 bits per heavy atom. The molecule has 4 aromatic rings. The topological polar surface area (TPSA) is 26.2 Å². The fraction of sp³-hybridized carbons (Fsp3) is 0.161. The van der Waals surface area contributed by atoms with Crippen LogP contribution in [0.3, 0.4) is 0 Å². The minimum Gasteiger partial charge on any atom is -0.497 e. The van der Waals surface area contributed by atoms with Gasteiger partial charge in [0.2, 0.25) is 0 Å². The van der Waals surface area contributed by atoms with Gasteiger partial charge in [-0.15, -0.1) is 0 Å². The van der Waals surface area contributed by atoms with Gasteiger partial charge in [0.25, 0.3) is 0 Å². The third kappa shape index (κ3) is 7.41. The number of pyridine rings is 2. The van der Waals surface area contributed by atoms with E-state index in [1.54, 1.807) is 14.2 Å². The Labute approximate surface area is 208 Å². The molecule has 0 saturated carbocycles. The first-order chi connectivity index (χ1) is 17.2. The third-order valence-corrected chi connectivity index (χ3v) is 5.83. The van der Waals surface area contributed by atoms with Crippen molar-refractivity contribution in [2.75, 3.05) is 14.2 Å². The Kier molecular flexibility index (Phi) is 8.44. The van der Waals surface area contributed by atoms with E-state index in [4.69, 9.17) is 9.47 Å². The molecule has 0 bridgehead atoms. The number of benzene rings is 2. The predicted molar refractivity (Wildman–Crippen MR) is 142 cm³/mol. The second-order valence-electron chi connectivity index (χ2n) is 8.31. The van der Waals surface area contributed by atoms with Crippen molar-refractivity contribution in [2.24, 2.45) is 0 Å². The summed E-state index contributed by atoms with van der Waals surface area (Å²) >= 11 is 0. The van der Waals surface area contributed by atoms with E-state index >= 15 is 0 Å². The highest BCUT2D eigenvalue weighted by Gasteiger charge is 2.05. The van der Waals surface area contributed by atoms with E-state index in [1.165, 1.54) is 11.1 Å². The SMILES string of the molecule is COc1ccc(/C=C/c2cc[n+](CCC[n+]3ccc(/C=C/c4ccc(OC)cc4)cc3)cc2)cc1. The van der Waals surface area contributed by atoms with Crippen molar-refractivity contribution in [1.29, 1.82) is 0 Å². The van der Waals surface area contributed by atoms with Crippen molar-refractivity contribution in [3.8, 4) is 11.5 Å². The molecule has 0 spiro atoms. The molecule has 0 aliphatic rings. The molecule has 0 fully saturated rings. The summed E-state index contributed by atoms with van der Waals surface area (Å²) in [5.41, 5.74) is 4.68. The Hall–Kier alpha value is -4.18. The van der Waals surface area contributed by atoms with Crippen LogP contribution >= 0.6 is 0 Å². The highest BCUT2D eigenvalue weighted by Crippen LogP contribution is 2.14. The van der Waals surface area contributed by atoms with Gasteiger partial charge in [-0.1, -0.05) is 48.6 Å². The summed E-state index contributed by atoms with van der Waals surface area (Å²) in [6.45, 7) is 1.96. The average Bonchev–Trinajstić information content (AvgIpc) is 2.93. The number of aryl methyl sites for hydroxylation is 2. The number of ether oxygens (including phenoxy) is 2. The van der Waals surface area contributed by atoms with Crippen LogP contribution in [-0.2, 0) is 13.1 Å². The van der Waals surface area contributed by atoms with Crippen molar-refractivity contribution in [1.82, 2.24) is 0 Å². The second-order valence-corrected chi connectivity index (χ2v) is 8.31. The fourth-order valence-electron chi connectivity index (χ4n) is 3.71. The molecule has 2 heterocycles. The van der Waals surface area contributed by atoms with Crippen LogP contribution in [-0.4, -0.2) is 14.2 Å². The Bertz CT molecular complexity index is 1140. The largest absolute Gasteiger partial charge is 0.497 e. The maximum absolute atomic E-state index is 5.21. The van der Waals surface area contributed by atoms with Gasteiger partial charge in [0.15, 0.2) is 37.9 Å². The van der Waals surface area contributed by atoms with Gasteiger partial charge in [-0.3, -0.25) is 0 Å². The van der Waals surface area contributed by atoms with E-state index in [9.17, 15) is 0 Å². The maximum atomic E-state index is 5.21. The van der Waals surface area contributed by atoms with E-state index in [1.807, 2.05) is 24.3 Å². The van der Waals surface area contributed by atoms with Crippen LogP contribution in [0.5, 0.6) is 11.5 Å². The first-order valence-electron chi connectivity index (χ1n) is 11.8. The predicted octanol–water partition coefficient (Wildman–Crippen LogP) is 5.71. The van der Waals surface area contributed by atoms with Crippen LogP contribution in [0.2, 0.25) is 0 Å². The maximum Gasteiger partial charge on any atom is 0.169 e. The van der Waals surface area contributed by atoms with E-state index in [-0.39, 0.29) is 0 Å². The van der Waals surface area contributed by atoms with Crippen LogP contribution in [0, 0.1) is 0 Å². The smallest absolute Gasteiger partial charge is 0.169 e. The van der Waals surface area contributed by atoms with Gasteiger partial charge >= 0.3 is 0 Å². The van der Waals surface area contributed by atoms with Crippen LogP contribution < -0.4 is 18.6 Å². The standard InChI is InChI=1S/C31H32N2O2/c1-34-30-12-8-26(9-13-30)4-6-28-16-22-32(23-17-28)20-3-21-33-24-18-29(19-25-33)7-5-27-10-14-31(35-2)15-11-27/h4-19,22-25H,3,20-21H2,1-2H3/q+2/b6-4+,7-5+. The summed E-state index contributed by atoms with van der Waals surface area (Å²) in [5, 5.41) is 0. The van der Waals surface area contributed by atoms with Gasteiger partial charge in [-0.2, -0.15) is 0 Å². The lowest BCUT2D eigenvalue weighted by molar-refractivity contribution is -0.726. The van der Waals surface area contributed by atoms with Crippen molar-refractivity contribution < 1.29 is 18.6 Å². The Morgan fingerprint density at radius 2 is 0.800 bits per heavy atom. The fourth-order valence-corrected chi connectivity index (χ4v) is 3.71. The lowest BCUT2D eigenvalue weighted by Crippen LogP contribution is -2.38. The molecule has 4 rings (SSSR count). The number of hydrogen-bond acceptors (Lipinski definition) is 2. The van der Waals surface area contributed by atoms with Crippen molar-refractivity contribution in [3.05, 3.63) is 120 Å². The normalized spacial score (nSPS) is 11.3. The summed E-state index contributed by atoms with van der Waals surface area (Å²) in [4.78, 5) is 0. The van der Waals surface area contributed by atoms with E-state index in [0.717, 1.165) is 42.1 Å². The number of methoxy groups -OCH3 is 2. The zero-order valence-corrected chi connectivity index (χ0v) is 20.4. The van der Waals surface area contributed by atoms with Gasteiger partial charge in [0.1, 0.15) is 11.5 Å². The minimum absolute atomic E-state index is 0.874. The molecule has 4 heteroatoms. The summed E-state index contributed by atoms with van der Waals surface area (Å²) in [5.74, 6) is 1.75. The molecule has 176 valence electrons. The summed E-state index contributed by atoms with van der Waals surface area (Å²) in [6.07, 6.45) is 18.1. The molecule has 35 heavy (non-hydrogen) atoms. The number of nitrogens with zero attached hydrogens (tertiary/aromatic N) is 2. The molecule has 0 aliphatic heterocycles. The Balaban J connectivity index is 1.23. The first kappa shape index (κ1) is 24.0. The highest BCUT2D eigenvalue weighted by molar-refractivity contribution is 5.70. The molecular weight excluding hydrogens is 432 g/mol. The molecule has 0 atom stereocenters.